The fourth-order valence-corrected chi connectivity index (χ4v) is 15.9. The molecule has 0 aromatic heterocycles. The third-order valence-corrected chi connectivity index (χ3v) is 22.2. The number of piperidine rings is 4. The molecule has 3 atom stereocenters. The summed E-state index contributed by atoms with van der Waals surface area (Å²) in [5.74, 6) is -1.75. The van der Waals surface area contributed by atoms with Crippen LogP contribution in [0.15, 0.2) is 87.5 Å². The van der Waals surface area contributed by atoms with Gasteiger partial charge in [0.2, 0.25) is 20.0 Å². The van der Waals surface area contributed by atoms with Gasteiger partial charge in [-0.05, 0) is 220 Å². The van der Waals surface area contributed by atoms with Crippen LogP contribution in [-0.4, -0.2) is 215 Å². The van der Waals surface area contributed by atoms with Crippen LogP contribution in [-0.2, 0) is 90.3 Å². The number of Topliss-reactive ketones (excluding diaryl/α,β-unsaturated/α-hetero) is 1. The molecular weight excluding hydrogens is 1710 g/mol. The molecule has 4 aliphatic carbocycles. The van der Waals surface area contributed by atoms with Gasteiger partial charge in [0.1, 0.15) is 24.5 Å². The number of aliphatic carboxylic acids is 1. The Hall–Kier alpha value is -5.50. The van der Waals surface area contributed by atoms with Crippen molar-refractivity contribution in [3.8, 4) is 0 Å². The molecule has 4 aliphatic heterocycles. The van der Waals surface area contributed by atoms with Crippen LogP contribution in [0.25, 0.3) is 0 Å². The van der Waals surface area contributed by atoms with Crippen molar-refractivity contribution in [1.29, 1.82) is 0 Å². The molecule has 3 amide bonds. The van der Waals surface area contributed by atoms with Crippen molar-refractivity contribution in [3.05, 3.63) is 89.5 Å². The molecule has 4 saturated carbocycles. The van der Waals surface area contributed by atoms with E-state index in [1.807, 2.05) is 46.4 Å². The van der Waals surface area contributed by atoms with E-state index < -0.39 is 116 Å². The maximum absolute atomic E-state index is 13.3. The number of nitrogens with zero attached hydrogens (tertiary/aromatic N) is 5. The van der Waals surface area contributed by atoms with E-state index in [9.17, 15) is 93.5 Å². The molecule has 3 aromatic carbocycles. The first-order valence-electron chi connectivity index (χ1n) is 37.4. The van der Waals surface area contributed by atoms with Crippen molar-refractivity contribution in [2.45, 2.75) is 278 Å². The molecule has 0 bridgehead atoms. The summed E-state index contributed by atoms with van der Waals surface area (Å²) in [5.41, 5.74) is 0.684. The smallest absolute Gasteiger partial charge is 0.702 e. The quantitative estimate of drug-likeness (QED) is 0.0534. The Kier molecular flexibility index (Phi) is 45.5. The summed E-state index contributed by atoms with van der Waals surface area (Å²) in [6.45, 7) is 24.4. The van der Waals surface area contributed by atoms with Crippen molar-refractivity contribution in [1.82, 2.24) is 33.9 Å². The number of carbonyl (C=O) groups is 7. The van der Waals surface area contributed by atoms with Gasteiger partial charge in [0.05, 0.1) is 37.9 Å². The van der Waals surface area contributed by atoms with Crippen molar-refractivity contribution in [3.63, 3.8) is 0 Å². The number of hydrogen-bond acceptors (Lipinski definition) is 21. The van der Waals surface area contributed by atoms with Crippen molar-refractivity contribution >= 4 is 114 Å². The number of ether oxygens (including phenoxy) is 3. The Morgan fingerprint density at radius 2 is 0.873 bits per heavy atom. The fourth-order valence-electron chi connectivity index (χ4n) is 11.2. The second-order valence-electron chi connectivity index (χ2n) is 31.3. The van der Waals surface area contributed by atoms with Gasteiger partial charge in [-0.1, -0.05) is 18.2 Å². The minimum atomic E-state index is -4.63. The zero-order valence-corrected chi connectivity index (χ0v) is 75.3. The Morgan fingerprint density at radius 1 is 0.517 bits per heavy atom. The maximum atomic E-state index is 13.3. The SMILES string of the molecule is CC(=O)O.CC(=O)O[B-]OC(C)=O.CC(C)(C)OC(=O)N1CCCC(=O)C1.CC(C)(C)OC(=O)N1CCCC(N(C2CC2)S(=O)(=O)c2cccc(C(F)(F)F)c2)C1.CC(C)(C)OC(=O)N1CCCC(NC2CC2)C1.Cl.Cl.NC1CC1.O=S(=O)(Cl)c1cccc(C(F)(F)F)c1.O=S(=O)(c1cccc(C(F)(F)F)c1)N(C1CC1)C1CCCNC1.[Na+]. The van der Waals surface area contributed by atoms with Gasteiger partial charge in [0, 0.05) is 119 Å². The Labute approximate surface area is 725 Å². The first-order valence-corrected chi connectivity index (χ1v) is 42.6. The minimum absolute atomic E-state index is 0. The van der Waals surface area contributed by atoms with E-state index in [4.69, 9.17) is 40.5 Å². The number of sulfonamides is 2. The number of halogens is 12. The van der Waals surface area contributed by atoms with E-state index in [0.29, 0.717) is 89.7 Å². The summed E-state index contributed by atoms with van der Waals surface area (Å²) in [4.78, 5) is 79.5. The van der Waals surface area contributed by atoms with Crippen molar-refractivity contribution in [2.75, 3.05) is 52.4 Å². The van der Waals surface area contributed by atoms with Crippen LogP contribution in [0.2, 0.25) is 0 Å². The van der Waals surface area contributed by atoms with Crippen LogP contribution in [0.4, 0.5) is 53.9 Å². The monoisotopic (exact) mass is 1820 g/mol. The zero-order valence-electron chi connectivity index (χ0n) is 68.4. The van der Waals surface area contributed by atoms with Gasteiger partial charge in [0.15, 0.2) is 5.78 Å². The van der Waals surface area contributed by atoms with Crippen LogP contribution < -0.4 is 45.9 Å². The van der Waals surface area contributed by atoms with Gasteiger partial charge in [-0.3, -0.25) is 19.2 Å². The standard InChI is InChI=1S/C20H27F3N2O4S.C15H19F3N2O2S.C13H24N2O2.C10H17NO3.C7H4ClF3O2S.C4H6BO4.C3H7N.C2H4O2.2ClH.Na/c1-19(2,3)29-18(26)24-11-5-7-16(13-24)25(15-9-10-15)30(27,28)17-8-4-6-14(12-17)20(21,22)23;16-15(17,18)11-3-1-5-14(9-11)23(21,22)20(12-6-7-12)13-4-2-8-19-10-13;1-13(2,3)17-12(16)15-8-4-5-11(9-15)14-10-6-7-10;1-10(2,3)14-9(13)11-6-4-5-8(12)7-11;8-14(12,13)6-3-1-2-5(4-6)7(9,10)11;1-3(6)8-5-9-4(2)7;4-3-1-2-3;1-2(3)4;;;/h4,6,8,12,15-16H,5,7,9-11,13H2,1-3H3;1,3,5,9,12-13,19H,2,4,6-8,10H2;10-11,14H,4-9H2,1-3H3;4-7H2,1-3H3;1-4H;1-2H3;3H,1-2,4H2;1H3,(H,3,4);2*1H;/q;;;;;-1;;;;;+1. The van der Waals surface area contributed by atoms with Gasteiger partial charge >= 0.3 is 66.4 Å². The van der Waals surface area contributed by atoms with Crippen LogP contribution in [0, 0.1) is 0 Å². The summed E-state index contributed by atoms with van der Waals surface area (Å²) in [6, 6.07) is 11.8. The topological polar surface area (TPSA) is 355 Å². The van der Waals surface area contributed by atoms with E-state index in [0.717, 1.165) is 114 Å². The summed E-state index contributed by atoms with van der Waals surface area (Å²) >= 11 is 0. The summed E-state index contributed by atoms with van der Waals surface area (Å²) < 4.78 is 215. The number of rotatable bonds is 13. The molecule has 0 spiro atoms. The number of benzene rings is 3. The van der Waals surface area contributed by atoms with E-state index in [1.54, 1.807) is 20.8 Å². The minimum Gasteiger partial charge on any atom is -0.702 e. The predicted octanol–water partition coefficient (Wildman–Crippen LogP) is 10.9. The number of alkyl halides is 9. The molecule has 8 aliphatic rings. The second kappa shape index (κ2) is 48.5. The molecule has 3 unspecified atom stereocenters. The molecular formula is C74H110BCl3F9N8NaO19S3. The summed E-state index contributed by atoms with van der Waals surface area (Å²) in [7, 11) is -6.61. The normalized spacial score (nSPS) is 19.0. The average molecular weight is 1820 g/mol. The predicted molar refractivity (Wildman–Crippen MR) is 422 cm³/mol. The molecule has 3 aromatic rings. The first-order chi connectivity index (χ1) is 52.9. The summed E-state index contributed by atoms with van der Waals surface area (Å²) in [5, 5.41) is 14.2. The maximum Gasteiger partial charge on any atom is 1.00 e. The zero-order chi connectivity index (χ0) is 87.0. The van der Waals surface area contributed by atoms with Gasteiger partial charge < -0.3 is 59.7 Å². The number of ketones is 1. The number of nitrogens with two attached hydrogens (primary N) is 1. The third-order valence-electron chi connectivity index (χ3n) is 16.8. The van der Waals surface area contributed by atoms with E-state index in [2.05, 4.69) is 19.9 Å². The Morgan fingerprint density at radius 3 is 1.21 bits per heavy atom. The number of likely N-dealkylation sites (tertiary alicyclic amines) is 3. The molecule has 4 saturated heterocycles. The number of carbonyl (C=O) groups excluding carboxylic acids is 6. The first kappa shape index (κ1) is 111. The van der Waals surface area contributed by atoms with Gasteiger partial charge in [-0.15, -0.1) is 24.8 Å². The number of carboxylic acid groups (broad SMARTS) is 1. The second-order valence-corrected chi connectivity index (χ2v) is 37.5. The van der Waals surface area contributed by atoms with Gasteiger partial charge in [-0.25, -0.2) is 39.6 Å². The molecule has 666 valence electrons. The fraction of sp³-hybridized carbons (Fsp3) is 0.662. The van der Waals surface area contributed by atoms with Gasteiger partial charge in [-0.2, -0.15) is 48.1 Å². The number of nitrogens with one attached hydrogen (secondary N) is 2. The van der Waals surface area contributed by atoms with Gasteiger partial charge in [0.25, 0.3) is 27.0 Å². The van der Waals surface area contributed by atoms with Crippen molar-refractivity contribution < 1.29 is 157 Å². The third kappa shape index (κ3) is 43.0. The molecule has 8 fully saturated rings. The van der Waals surface area contributed by atoms with E-state index >= 15 is 0 Å². The van der Waals surface area contributed by atoms with E-state index in [1.165, 1.54) is 76.5 Å². The van der Waals surface area contributed by atoms with E-state index in [-0.39, 0.29) is 113 Å². The van der Waals surface area contributed by atoms with Crippen LogP contribution in [0.3, 0.4) is 0 Å². The van der Waals surface area contributed by atoms with Crippen LogP contribution in [0.1, 0.15) is 203 Å². The van der Waals surface area contributed by atoms with Crippen LogP contribution >= 0.6 is 35.5 Å². The molecule has 118 heavy (non-hydrogen) atoms. The average Bonchev–Trinajstić information content (AvgIpc) is 1.38. The molecule has 27 nitrogen and oxygen atoms in total. The Balaban J connectivity index is 0.000000713. The number of hydrogen-bond donors (Lipinski definition) is 4. The van der Waals surface area contributed by atoms with Crippen molar-refractivity contribution in [2.24, 2.45) is 5.73 Å². The Bertz CT molecular complexity index is 4060. The number of carboxylic acids is 1. The molecule has 5 N–H and O–H groups in total. The molecule has 44 heteroatoms. The molecule has 2 radical (unpaired) electrons. The molecule has 4 heterocycles. The summed E-state index contributed by atoms with van der Waals surface area (Å²) in [6.07, 6.45) is -0.542. The van der Waals surface area contributed by atoms with Crippen LogP contribution in [0.5, 0.6) is 0 Å². The largest absolute Gasteiger partial charge is 1.00 e. The molecule has 11 rings (SSSR count). The number of amides is 3.